The summed E-state index contributed by atoms with van der Waals surface area (Å²) in [5.74, 6) is -0.239. The molecule has 0 saturated carbocycles. The van der Waals surface area contributed by atoms with Crippen molar-refractivity contribution in [2.24, 2.45) is 0 Å². The zero-order valence-corrected chi connectivity index (χ0v) is 12.0. The van der Waals surface area contributed by atoms with Crippen LogP contribution in [0.15, 0.2) is 12.3 Å². The van der Waals surface area contributed by atoms with Crippen LogP contribution < -0.4 is 0 Å². The van der Waals surface area contributed by atoms with Gasteiger partial charge in [0.25, 0.3) is 5.91 Å². The maximum atomic E-state index is 12.3. The molecule has 0 fully saturated rings. The monoisotopic (exact) mass is 301 g/mol. The third kappa shape index (κ3) is 2.54. The Hall–Kier alpha value is -1.30. The summed E-state index contributed by atoms with van der Waals surface area (Å²) in [4.78, 5) is 18.0. The third-order valence-electron chi connectivity index (χ3n) is 2.80. The highest BCUT2D eigenvalue weighted by Gasteiger charge is 2.21. The zero-order chi connectivity index (χ0) is 14.2. The molecule has 2 aromatic rings. The number of fused-ring (bicyclic) bond motifs is 1. The Morgan fingerprint density at radius 3 is 2.84 bits per heavy atom. The van der Waals surface area contributed by atoms with Crippen LogP contribution in [0.3, 0.4) is 0 Å². The van der Waals surface area contributed by atoms with E-state index in [0.717, 1.165) is 0 Å². The molecule has 0 atom stereocenters. The Bertz CT molecular complexity index is 639. The average molecular weight is 302 g/mol. The summed E-state index contributed by atoms with van der Waals surface area (Å²) < 4.78 is 1.58. The molecule has 0 unspecified atom stereocenters. The number of aromatic nitrogens is 2. The molecule has 0 bridgehead atoms. The van der Waals surface area contributed by atoms with E-state index < -0.39 is 0 Å². The van der Waals surface area contributed by atoms with Gasteiger partial charge in [0.1, 0.15) is 5.69 Å². The van der Waals surface area contributed by atoms with Crippen LogP contribution in [-0.2, 0) is 0 Å². The summed E-state index contributed by atoms with van der Waals surface area (Å²) in [6.45, 7) is 1.89. The fourth-order valence-electron chi connectivity index (χ4n) is 1.88. The molecule has 5 nitrogen and oxygen atoms in total. The summed E-state index contributed by atoms with van der Waals surface area (Å²) in [6, 6.07) is 1.58. The van der Waals surface area contributed by atoms with Gasteiger partial charge < -0.3 is 10.0 Å². The fourth-order valence-corrected chi connectivity index (χ4v) is 2.39. The van der Waals surface area contributed by atoms with Crippen molar-refractivity contribution >= 4 is 34.8 Å². The number of hydrogen-bond donors (Lipinski definition) is 1. The Labute approximate surface area is 120 Å². The quantitative estimate of drug-likeness (QED) is 0.943. The molecular formula is C12H13Cl2N3O2. The smallest absolute Gasteiger partial charge is 0.272 e. The Morgan fingerprint density at radius 1 is 1.53 bits per heavy atom. The van der Waals surface area contributed by atoms with E-state index >= 15 is 0 Å². The first kappa shape index (κ1) is 14.1. The van der Waals surface area contributed by atoms with Crippen LogP contribution in [0.1, 0.15) is 16.2 Å². The molecule has 0 saturated heterocycles. The van der Waals surface area contributed by atoms with Gasteiger partial charge in [0.15, 0.2) is 5.65 Å². The van der Waals surface area contributed by atoms with Crippen LogP contribution in [0, 0.1) is 6.92 Å². The normalized spacial score (nSPS) is 11.0. The van der Waals surface area contributed by atoms with Gasteiger partial charge in [-0.1, -0.05) is 23.2 Å². The topological polar surface area (TPSA) is 57.8 Å². The van der Waals surface area contributed by atoms with Crippen molar-refractivity contribution in [3.63, 3.8) is 0 Å². The van der Waals surface area contributed by atoms with Gasteiger partial charge in [-0.15, -0.1) is 0 Å². The van der Waals surface area contributed by atoms with E-state index in [1.807, 2.05) is 0 Å². The number of aliphatic hydroxyl groups excluding tert-OH is 1. The SMILES string of the molecule is Cc1nc2c(Cl)cc(Cl)cn2c1C(=O)N(C)CCO. The molecule has 2 heterocycles. The number of hydrogen-bond acceptors (Lipinski definition) is 3. The number of rotatable bonds is 3. The van der Waals surface area contributed by atoms with Crippen molar-refractivity contribution in [2.75, 3.05) is 20.2 Å². The van der Waals surface area contributed by atoms with Crippen molar-refractivity contribution in [1.82, 2.24) is 14.3 Å². The summed E-state index contributed by atoms with van der Waals surface area (Å²) in [7, 11) is 1.61. The number of halogens is 2. The highest BCUT2D eigenvalue weighted by molar-refractivity contribution is 6.36. The van der Waals surface area contributed by atoms with Crippen LogP contribution in [0.25, 0.3) is 5.65 Å². The Balaban J connectivity index is 2.60. The van der Waals surface area contributed by atoms with Crippen LogP contribution in [-0.4, -0.2) is 45.5 Å². The van der Waals surface area contributed by atoms with Crippen LogP contribution in [0.2, 0.25) is 10.0 Å². The molecule has 1 N–H and O–H groups in total. The van der Waals surface area contributed by atoms with E-state index in [1.54, 1.807) is 30.6 Å². The minimum atomic E-state index is -0.239. The van der Waals surface area contributed by atoms with Gasteiger partial charge in [-0.2, -0.15) is 0 Å². The largest absolute Gasteiger partial charge is 0.395 e. The zero-order valence-electron chi connectivity index (χ0n) is 10.5. The predicted octanol–water partition coefficient (Wildman–Crippen LogP) is 2.01. The molecular weight excluding hydrogens is 289 g/mol. The van der Waals surface area contributed by atoms with Crippen molar-refractivity contribution in [1.29, 1.82) is 0 Å². The molecule has 19 heavy (non-hydrogen) atoms. The molecule has 1 amide bonds. The van der Waals surface area contributed by atoms with E-state index in [9.17, 15) is 4.79 Å². The lowest BCUT2D eigenvalue weighted by Gasteiger charge is -2.15. The lowest BCUT2D eigenvalue weighted by atomic mass is 10.3. The molecule has 0 radical (unpaired) electrons. The summed E-state index contributed by atoms with van der Waals surface area (Å²) in [5, 5.41) is 9.71. The van der Waals surface area contributed by atoms with Gasteiger partial charge in [-0.05, 0) is 13.0 Å². The highest BCUT2D eigenvalue weighted by Crippen LogP contribution is 2.24. The molecule has 2 rings (SSSR count). The first-order chi connectivity index (χ1) is 8.95. The number of likely N-dealkylation sites (N-methyl/N-ethyl adjacent to an activating group) is 1. The van der Waals surface area contributed by atoms with Gasteiger partial charge in [0.2, 0.25) is 0 Å². The molecule has 0 aromatic carbocycles. The van der Waals surface area contributed by atoms with Crippen LogP contribution >= 0.6 is 23.2 Å². The predicted molar refractivity (Wildman–Crippen MR) is 74.0 cm³/mol. The minimum Gasteiger partial charge on any atom is -0.395 e. The number of carbonyl (C=O) groups excluding carboxylic acids is 1. The maximum Gasteiger partial charge on any atom is 0.272 e. The Kier molecular flexibility index (Phi) is 3.99. The van der Waals surface area contributed by atoms with Crippen molar-refractivity contribution in [3.05, 3.63) is 33.7 Å². The van der Waals surface area contributed by atoms with Crippen molar-refractivity contribution < 1.29 is 9.90 Å². The van der Waals surface area contributed by atoms with Gasteiger partial charge >= 0.3 is 0 Å². The number of aryl methyl sites for hydroxylation is 1. The number of carbonyl (C=O) groups is 1. The summed E-state index contributed by atoms with van der Waals surface area (Å²) in [6.07, 6.45) is 1.60. The number of imidazole rings is 1. The van der Waals surface area contributed by atoms with E-state index in [2.05, 4.69) is 4.98 Å². The van der Waals surface area contributed by atoms with Crippen molar-refractivity contribution in [2.45, 2.75) is 6.92 Å². The molecule has 7 heteroatoms. The average Bonchev–Trinajstić information content (AvgIpc) is 2.65. The standard InChI is InChI=1S/C12H13Cl2N3O2/c1-7-10(12(19)16(2)3-4-18)17-6-8(13)5-9(14)11(17)15-7/h5-6,18H,3-4H2,1-2H3. The molecule has 0 aliphatic heterocycles. The van der Waals surface area contributed by atoms with E-state index in [-0.39, 0.29) is 19.1 Å². The number of pyridine rings is 1. The van der Waals surface area contributed by atoms with Gasteiger partial charge in [-0.3, -0.25) is 9.20 Å². The van der Waals surface area contributed by atoms with Crippen LogP contribution in [0.5, 0.6) is 0 Å². The summed E-state index contributed by atoms with van der Waals surface area (Å²) in [5.41, 5.74) is 1.46. The molecule has 0 aliphatic carbocycles. The second-order valence-corrected chi connectivity index (χ2v) is 5.04. The van der Waals surface area contributed by atoms with Crippen LogP contribution in [0.4, 0.5) is 0 Å². The second-order valence-electron chi connectivity index (χ2n) is 4.20. The number of aliphatic hydroxyl groups is 1. The molecule has 0 aliphatic rings. The lowest BCUT2D eigenvalue weighted by molar-refractivity contribution is 0.0759. The number of nitrogens with zero attached hydrogens (tertiary/aromatic N) is 3. The first-order valence-corrected chi connectivity index (χ1v) is 6.41. The number of amides is 1. The van der Waals surface area contributed by atoms with Gasteiger partial charge in [0.05, 0.1) is 22.3 Å². The lowest BCUT2D eigenvalue weighted by Crippen LogP contribution is -2.30. The highest BCUT2D eigenvalue weighted by atomic mass is 35.5. The third-order valence-corrected chi connectivity index (χ3v) is 3.29. The van der Waals surface area contributed by atoms with E-state index in [1.165, 1.54) is 4.90 Å². The molecule has 102 valence electrons. The fraction of sp³-hybridized carbons (Fsp3) is 0.333. The second kappa shape index (κ2) is 5.36. The van der Waals surface area contributed by atoms with E-state index in [4.69, 9.17) is 28.3 Å². The molecule has 0 spiro atoms. The van der Waals surface area contributed by atoms with E-state index in [0.29, 0.717) is 27.1 Å². The first-order valence-electron chi connectivity index (χ1n) is 5.65. The van der Waals surface area contributed by atoms with Gasteiger partial charge in [0, 0.05) is 19.8 Å². The Morgan fingerprint density at radius 2 is 2.21 bits per heavy atom. The summed E-state index contributed by atoms with van der Waals surface area (Å²) >= 11 is 12.0. The molecule has 2 aromatic heterocycles. The van der Waals surface area contributed by atoms with Crippen molar-refractivity contribution in [3.8, 4) is 0 Å². The van der Waals surface area contributed by atoms with Gasteiger partial charge in [-0.25, -0.2) is 4.98 Å². The maximum absolute atomic E-state index is 12.3. The minimum absolute atomic E-state index is 0.0977.